The van der Waals surface area contributed by atoms with Crippen molar-refractivity contribution in [2.24, 2.45) is 0 Å². The summed E-state index contributed by atoms with van der Waals surface area (Å²) in [5.41, 5.74) is 0. The molecule has 0 amide bonds. The summed E-state index contributed by atoms with van der Waals surface area (Å²) < 4.78 is 0. The molecule has 2 aliphatic rings. The molecule has 1 atom stereocenters. The smallest absolute Gasteiger partial charge is 0.0198 e. The van der Waals surface area contributed by atoms with Crippen molar-refractivity contribution in [3.63, 3.8) is 0 Å². The minimum atomic E-state index is 0.719. The van der Waals surface area contributed by atoms with Gasteiger partial charge in [-0.15, -0.1) is 0 Å². The molecule has 0 aromatic carbocycles. The van der Waals surface area contributed by atoms with Crippen LogP contribution in [0.25, 0.3) is 0 Å². The van der Waals surface area contributed by atoms with Crippen LogP contribution in [0.1, 0.15) is 33.6 Å². The van der Waals surface area contributed by atoms with E-state index in [1.54, 1.807) is 0 Å². The van der Waals surface area contributed by atoms with Gasteiger partial charge in [0.25, 0.3) is 0 Å². The Bertz CT molecular complexity index is 175. The summed E-state index contributed by atoms with van der Waals surface area (Å²) in [6.07, 6.45) is 2.91. The normalized spacial score (nSPS) is 32.8. The largest absolute Gasteiger partial charge is 0.298 e. The Hall–Kier alpha value is -0.0800. The van der Waals surface area contributed by atoms with E-state index in [2.05, 4.69) is 30.6 Å². The van der Waals surface area contributed by atoms with Crippen molar-refractivity contribution in [2.45, 2.75) is 51.7 Å². The van der Waals surface area contributed by atoms with Gasteiger partial charge in [0.05, 0.1) is 0 Å². The highest BCUT2D eigenvalue weighted by molar-refractivity contribution is 4.90. The van der Waals surface area contributed by atoms with Gasteiger partial charge < -0.3 is 0 Å². The minimum absolute atomic E-state index is 0.719. The van der Waals surface area contributed by atoms with Crippen LogP contribution in [0.2, 0.25) is 0 Å². The second-order valence-corrected chi connectivity index (χ2v) is 4.91. The maximum Gasteiger partial charge on any atom is 0.0198 e. The highest BCUT2D eigenvalue weighted by atomic mass is 15.3. The maximum atomic E-state index is 2.68. The average Bonchev–Trinajstić information content (AvgIpc) is 2.85. The molecule has 1 saturated heterocycles. The van der Waals surface area contributed by atoms with Crippen molar-refractivity contribution in [1.82, 2.24) is 9.80 Å². The maximum absolute atomic E-state index is 2.68. The average molecular weight is 182 g/mol. The summed E-state index contributed by atoms with van der Waals surface area (Å²) in [4.78, 5) is 5.31. The van der Waals surface area contributed by atoms with E-state index in [1.807, 2.05) is 0 Å². The monoisotopic (exact) mass is 182 g/mol. The molecule has 0 radical (unpaired) electrons. The van der Waals surface area contributed by atoms with Crippen LogP contribution in [0.5, 0.6) is 0 Å². The lowest BCUT2D eigenvalue weighted by atomic mass is 10.1. The van der Waals surface area contributed by atoms with Gasteiger partial charge in [0.15, 0.2) is 0 Å². The van der Waals surface area contributed by atoms with Crippen molar-refractivity contribution >= 4 is 0 Å². The first-order valence-electron chi connectivity index (χ1n) is 5.68. The molecular weight excluding hydrogens is 160 g/mol. The fraction of sp³-hybridized carbons (Fsp3) is 1.00. The Morgan fingerprint density at radius 1 is 1.15 bits per heavy atom. The van der Waals surface area contributed by atoms with Gasteiger partial charge in [-0.3, -0.25) is 9.80 Å². The number of hydrogen-bond acceptors (Lipinski definition) is 2. The molecule has 0 bridgehead atoms. The molecule has 0 unspecified atom stereocenters. The lowest BCUT2D eigenvalue weighted by Crippen LogP contribution is -2.54. The van der Waals surface area contributed by atoms with Crippen LogP contribution in [0.3, 0.4) is 0 Å². The SMILES string of the molecule is CC(C)N1CCN(C2CC2)C[C@@H]1C. The molecule has 0 spiro atoms. The van der Waals surface area contributed by atoms with Crippen LogP contribution < -0.4 is 0 Å². The van der Waals surface area contributed by atoms with Gasteiger partial charge in [0.1, 0.15) is 0 Å². The Morgan fingerprint density at radius 2 is 1.85 bits per heavy atom. The molecule has 1 aliphatic carbocycles. The van der Waals surface area contributed by atoms with Crippen molar-refractivity contribution in [2.75, 3.05) is 19.6 Å². The zero-order chi connectivity index (χ0) is 9.42. The number of nitrogens with zero attached hydrogens (tertiary/aromatic N) is 2. The van der Waals surface area contributed by atoms with E-state index in [4.69, 9.17) is 0 Å². The summed E-state index contributed by atoms with van der Waals surface area (Å²) >= 11 is 0. The zero-order valence-electron chi connectivity index (χ0n) is 9.16. The Kier molecular flexibility index (Phi) is 2.61. The van der Waals surface area contributed by atoms with E-state index in [9.17, 15) is 0 Å². The van der Waals surface area contributed by atoms with Crippen molar-refractivity contribution < 1.29 is 0 Å². The standard InChI is InChI=1S/C11H22N2/c1-9(2)13-7-6-12(8-10(13)3)11-4-5-11/h9-11H,4-8H2,1-3H3/t10-/m0/s1. The molecule has 1 heterocycles. The minimum Gasteiger partial charge on any atom is -0.298 e. The van der Waals surface area contributed by atoms with E-state index < -0.39 is 0 Å². The van der Waals surface area contributed by atoms with Crippen LogP contribution in [-0.4, -0.2) is 47.6 Å². The van der Waals surface area contributed by atoms with Crippen LogP contribution in [0.4, 0.5) is 0 Å². The molecule has 1 saturated carbocycles. The highest BCUT2D eigenvalue weighted by Gasteiger charge is 2.34. The summed E-state index contributed by atoms with van der Waals surface area (Å²) in [6.45, 7) is 10.9. The molecule has 0 N–H and O–H groups in total. The van der Waals surface area contributed by atoms with E-state index in [1.165, 1.54) is 32.5 Å². The molecule has 13 heavy (non-hydrogen) atoms. The number of piperazine rings is 1. The van der Waals surface area contributed by atoms with E-state index in [0.717, 1.165) is 18.1 Å². The van der Waals surface area contributed by atoms with Gasteiger partial charge in [-0.2, -0.15) is 0 Å². The first-order valence-corrected chi connectivity index (χ1v) is 5.68. The quantitative estimate of drug-likeness (QED) is 0.639. The summed E-state index contributed by atoms with van der Waals surface area (Å²) in [5, 5.41) is 0. The van der Waals surface area contributed by atoms with Gasteiger partial charge in [-0.1, -0.05) is 0 Å². The molecule has 1 aliphatic heterocycles. The van der Waals surface area contributed by atoms with E-state index in [0.29, 0.717) is 0 Å². The Labute approximate surface area is 81.9 Å². The molecule has 2 nitrogen and oxygen atoms in total. The first kappa shape index (κ1) is 9.47. The van der Waals surface area contributed by atoms with Crippen LogP contribution in [0, 0.1) is 0 Å². The topological polar surface area (TPSA) is 6.48 Å². The van der Waals surface area contributed by atoms with Gasteiger partial charge in [-0.25, -0.2) is 0 Å². The van der Waals surface area contributed by atoms with Crippen molar-refractivity contribution in [3.05, 3.63) is 0 Å². The predicted octanol–water partition coefficient (Wildman–Crippen LogP) is 1.56. The molecule has 2 fully saturated rings. The molecule has 76 valence electrons. The van der Waals surface area contributed by atoms with Crippen LogP contribution in [-0.2, 0) is 0 Å². The second-order valence-electron chi connectivity index (χ2n) is 4.91. The Balaban J connectivity index is 1.87. The van der Waals surface area contributed by atoms with Crippen molar-refractivity contribution in [1.29, 1.82) is 0 Å². The molecular formula is C11H22N2. The van der Waals surface area contributed by atoms with Crippen molar-refractivity contribution in [3.8, 4) is 0 Å². The third-order valence-corrected chi connectivity index (χ3v) is 3.44. The summed E-state index contributed by atoms with van der Waals surface area (Å²) in [5.74, 6) is 0. The van der Waals surface area contributed by atoms with E-state index in [-0.39, 0.29) is 0 Å². The molecule has 2 heteroatoms. The van der Waals surface area contributed by atoms with Crippen LogP contribution in [0.15, 0.2) is 0 Å². The third-order valence-electron chi connectivity index (χ3n) is 3.44. The number of rotatable bonds is 2. The fourth-order valence-electron chi connectivity index (χ4n) is 2.54. The van der Waals surface area contributed by atoms with E-state index >= 15 is 0 Å². The molecule has 0 aromatic heterocycles. The second kappa shape index (κ2) is 3.58. The highest BCUT2D eigenvalue weighted by Crippen LogP contribution is 2.29. The van der Waals surface area contributed by atoms with Gasteiger partial charge in [-0.05, 0) is 33.6 Å². The van der Waals surface area contributed by atoms with Crippen LogP contribution >= 0.6 is 0 Å². The predicted molar refractivity (Wildman–Crippen MR) is 55.9 cm³/mol. The first-order chi connectivity index (χ1) is 6.18. The summed E-state index contributed by atoms with van der Waals surface area (Å²) in [7, 11) is 0. The lowest BCUT2D eigenvalue weighted by molar-refractivity contribution is 0.0562. The van der Waals surface area contributed by atoms with Gasteiger partial charge in [0.2, 0.25) is 0 Å². The molecule has 2 rings (SSSR count). The number of hydrogen-bond donors (Lipinski definition) is 0. The third kappa shape index (κ3) is 2.05. The summed E-state index contributed by atoms with van der Waals surface area (Å²) in [6, 6.07) is 2.43. The Morgan fingerprint density at radius 3 is 2.31 bits per heavy atom. The van der Waals surface area contributed by atoms with Gasteiger partial charge in [0, 0.05) is 37.8 Å². The molecule has 0 aromatic rings. The lowest BCUT2D eigenvalue weighted by Gasteiger charge is -2.42. The van der Waals surface area contributed by atoms with Gasteiger partial charge >= 0.3 is 0 Å². The fourth-order valence-corrected chi connectivity index (χ4v) is 2.54. The zero-order valence-corrected chi connectivity index (χ0v) is 9.16.